The van der Waals surface area contributed by atoms with Gasteiger partial charge in [-0.05, 0) is 88.0 Å². The fourth-order valence-corrected chi connectivity index (χ4v) is 11.4. The number of rotatable bonds is 6. The summed E-state index contributed by atoms with van der Waals surface area (Å²) in [6.07, 6.45) is 0. The van der Waals surface area contributed by atoms with Gasteiger partial charge in [0.25, 0.3) is 0 Å². The smallest absolute Gasteiger partial charge is 0.165 e. The van der Waals surface area contributed by atoms with Crippen LogP contribution in [-0.2, 0) is 5.41 Å². The van der Waals surface area contributed by atoms with Gasteiger partial charge in [-0.3, -0.25) is 0 Å². The Morgan fingerprint density at radius 3 is 1.60 bits per heavy atom. The quantitative estimate of drug-likeness (QED) is 0.168. The van der Waals surface area contributed by atoms with Gasteiger partial charge in [-0.25, -0.2) is 15.0 Å². The summed E-state index contributed by atoms with van der Waals surface area (Å²) >= 11 is 1.79. The highest BCUT2D eigenvalue weighted by molar-refractivity contribution is 7.26. The fourth-order valence-electron chi connectivity index (χ4n) is 10.2. The zero-order chi connectivity index (χ0) is 41.5. The van der Waals surface area contributed by atoms with Crippen molar-refractivity contribution >= 4 is 53.3 Å². The molecule has 3 heterocycles. The summed E-state index contributed by atoms with van der Waals surface area (Å²) in [5.74, 6) is 1.91. The first kappa shape index (κ1) is 35.7. The standard InChI is InChI=1S/C58H36N4S/c1-3-16-39(17-4-1)58(40-18-5-2-6-19-40)49-26-11-7-20-42(49)43-35-32-38(36-50(43)58)56-59-55(60-57(61-56)48-25-15-24-47-46-23-10-14-29-53(46)63-54(47)48)37-30-33-41(34-31-37)62-51-27-12-8-21-44(51)45-22-9-13-28-52(45)62/h1-36H. The van der Waals surface area contributed by atoms with E-state index in [0.717, 1.165) is 22.4 Å². The van der Waals surface area contributed by atoms with Crippen LogP contribution in [-0.4, -0.2) is 19.5 Å². The van der Waals surface area contributed by atoms with Crippen molar-refractivity contribution in [3.8, 4) is 51.0 Å². The van der Waals surface area contributed by atoms with Gasteiger partial charge in [-0.15, -0.1) is 11.3 Å². The fraction of sp³-hybridized carbons (Fsp3) is 0.0172. The Hall–Kier alpha value is -7.99. The number of benzene rings is 9. The Bertz CT molecular complexity index is 3640. The highest BCUT2D eigenvalue weighted by Crippen LogP contribution is 2.56. The van der Waals surface area contributed by atoms with Crippen molar-refractivity contribution in [2.24, 2.45) is 0 Å². The predicted molar refractivity (Wildman–Crippen MR) is 261 cm³/mol. The van der Waals surface area contributed by atoms with E-state index in [0.29, 0.717) is 17.5 Å². The van der Waals surface area contributed by atoms with Gasteiger partial charge in [0.2, 0.25) is 0 Å². The molecule has 0 saturated heterocycles. The molecule has 294 valence electrons. The van der Waals surface area contributed by atoms with Crippen LogP contribution >= 0.6 is 11.3 Å². The van der Waals surface area contributed by atoms with Crippen molar-refractivity contribution in [2.75, 3.05) is 0 Å². The Morgan fingerprint density at radius 1 is 0.365 bits per heavy atom. The third-order valence-electron chi connectivity index (χ3n) is 13.0. The van der Waals surface area contributed by atoms with Gasteiger partial charge in [0.1, 0.15) is 0 Å². The van der Waals surface area contributed by atoms with E-state index >= 15 is 0 Å². The molecule has 0 unspecified atom stereocenters. The maximum atomic E-state index is 5.39. The van der Waals surface area contributed by atoms with Gasteiger partial charge in [0.05, 0.1) is 16.4 Å². The average Bonchev–Trinajstić information content (AvgIpc) is 4.01. The van der Waals surface area contributed by atoms with Crippen LogP contribution < -0.4 is 0 Å². The van der Waals surface area contributed by atoms with Gasteiger partial charge in [0.15, 0.2) is 17.5 Å². The molecular formula is C58H36N4S. The summed E-state index contributed by atoms with van der Waals surface area (Å²) in [5, 5.41) is 4.92. The summed E-state index contributed by atoms with van der Waals surface area (Å²) in [5.41, 5.74) is 13.1. The number of aromatic nitrogens is 4. The minimum atomic E-state index is -0.547. The maximum absolute atomic E-state index is 5.39. The normalized spacial score (nSPS) is 12.9. The number of hydrogen-bond donors (Lipinski definition) is 0. The Kier molecular flexibility index (Phi) is 7.96. The van der Waals surface area contributed by atoms with Gasteiger partial charge in [-0.2, -0.15) is 0 Å². The molecule has 9 aromatic carbocycles. The SMILES string of the molecule is c1ccc(C2(c3ccccc3)c3ccccc3-c3ccc(-c4nc(-c5ccc(-n6c7ccccc7c7ccccc76)cc5)nc(-c5cccc6c5sc5ccccc56)n4)cc32)cc1. The van der Waals surface area contributed by atoms with Crippen molar-refractivity contribution in [3.63, 3.8) is 0 Å². The zero-order valence-electron chi connectivity index (χ0n) is 34.0. The minimum Gasteiger partial charge on any atom is -0.309 e. The first-order chi connectivity index (χ1) is 31.2. The van der Waals surface area contributed by atoms with E-state index in [9.17, 15) is 0 Å². The summed E-state index contributed by atoms with van der Waals surface area (Å²) in [6, 6.07) is 78.5. The van der Waals surface area contributed by atoms with E-state index in [4.69, 9.17) is 15.0 Å². The van der Waals surface area contributed by atoms with Crippen LogP contribution in [0.1, 0.15) is 22.3 Å². The second-order valence-electron chi connectivity index (χ2n) is 16.3. The molecule has 0 atom stereocenters. The molecule has 0 aliphatic heterocycles. The largest absolute Gasteiger partial charge is 0.309 e. The van der Waals surface area contributed by atoms with Crippen LogP contribution in [0, 0.1) is 0 Å². The first-order valence-electron chi connectivity index (χ1n) is 21.4. The van der Waals surface area contributed by atoms with Crippen LogP contribution in [0.3, 0.4) is 0 Å². The zero-order valence-corrected chi connectivity index (χ0v) is 34.8. The van der Waals surface area contributed by atoms with Crippen molar-refractivity contribution < 1.29 is 0 Å². The van der Waals surface area contributed by atoms with E-state index in [1.807, 2.05) is 0 Å². The second-order valence-corrected chi connectivity index (χ2v) is 17.3. The number of fused-ring (bicyclic) bond motifs is 9. The number of thiophene rings is 1. The third kappa shape index (κ3) is 5.37. The van der Waals surface area contributed by atoms with Gasteiger partial charge in [0, 0.05) is 53.3 Å². The van der Waals surface area contributed by atoms with Crippen LogP contribution in [0.15, 0.2) is 218 Å². The number of para-hydroxylation sites is 2. The summed E-state index contributed by atoms with van der Waals surface area (Å²) in [6.45, 7) is 0. The summed E-state index contributed by atoms with van der Waals surface area (Å²) in [7, 11) is 0. The molecule has 0 spiro atoms. The lowest BCUT2D eigenvalue weighted by Crippen LogP contribution is -2.28. The first-order valence-corrected chi connectivity index (χ1v) is 22.2. The van der Waals surface area contributed by atoms with E-state index in [-0.39, 0.29) is 0 Å². The second kappa shape index (κ2) is 14.0. The molecule has 63 heavy (non-hydrogen) atoms. The van der Waals surface area contributed by atoms with Gasteiger partial charge >= 0.3 is 0 Å². The molecule has 0 N–H and O–H groups in total. The minimum absolute atomic E-state index is 0.547. The van der Waals surface area contributed by atoms with Crippen molar-refractivity contribution in [3.05, 3.63) is 241 Å². The molecule has 0 saturated carbocycles. The lowest BCUT2D eigenvalue weighted by Gasteiger charge is -2.34. The maximum Gasteiger partial charge on any atom is 0.165 e. The van der Waals surface area contributed by atoms with E-state index < -0.39 is 5.41 Å². The van der Waals surface area contributed by atoms with Crippen LogP contribution in [0.25, 0.3) is 93.0 Å². The van der Waals surface area contributed by atoms with Crippen molar-refractivity contribution in [2.45, 2.75) is 5.41 Å². The van der Waals surface area contributed by atoms with Crippen LogP contribution in [0.4, 0.5) is 0 Å². The molecule has 0 bridgehead atoms. The lowest BCUT2D eigenvalue weighted by atomic mass is 9.67. The van der Waals surface area contributed by atoms with Crippen molar-refractivity contribution in [1.29, 1.82) is 0 Å². The highest BCUT2D eigenvalue weighted by Gasteiger charge is 2.46. The van der Waals surface area contributed by atoms with Gasteiger partial charge < -0.3 is 4.57 Å². The third-order valence-corrected chi connectivity index (χ3v) is 14.2. The van der Waals surface area contributed by atoms with E-state index in [1.165, 1.54) is 75.4 Å². The molecule has 0 amide bonds. The Morgan fingerprint density at radius 2 is 0.889 bits per heavy atom. The Balaban J connectivity index is 1.03. The summed E-state index contributed by atoms with van der Waals surface area (Å²) in [4.78, 5) is 16.1. The molecule has 4 nitrogen and oxygen atoms in total. The molecule has 3 aromatic heterocycles. The highest BCUT2D eigenvalue weighted by atomic mass is 32.1. The predicted octanol–water partition coefficient (Wildman–Crippen LogP) is 14.7. The van der Waals surface area contributed by atoms with Crippen LogP contribution in [0.2, 0.25) is 0 Å². The molecule has 12 aromatic rings. The molecule has 1 aliphatic rings. The topological polar surface area (TPSA) is 43.6 Å². The molecular weight excluding hydrogens is 785 g/mol. The number of nitrogens with zero attached hydrogens (tertiary/aromatic N) is 4. The van der Waals surface area contributed by atoms with E-state index in [2.05, 4.69) is 223 Å². The summed E-state index contributed by atoms with van der Waals surface area (Å²) < 4.78 is 4.75. The number of hydrogen-bond acceptors (Lipinski definition) is 4. The molecule has 1 aliphatic carbocycles. The van der Waals surface area contributed by atoms with Crippen LogP contribution in [0.5, 0.6) is 0 Å². The molecule has 5 heteroatoms. The monoisotopic (exact) mass is 820 g/mol. The molecule has 13 rings (SSSR count). The Labute approximate surface area is 368 Å². The average molecular weight is 821 g/mol. The van der Waals surface area contributed by atoms with Crippen molar-refractivity contribution in [1.82, 2.24) is 19.5 Å². The van der Waals surface area contributed by atoms with Gasteiger partial charge in [-0.1, -0.05) is 164 Å². The molecule has 0 radical (unpaired) electrons. The lowest BCUT2D eigenvalue weighted by molar-refractivity contribution is 0.768. The van der Waals surface area contributed by atoms with E-state index in [1.54, 1.807) is 11.3 Å². The molecule has 0 fully saturated rings.